The molecule has 5 fully saturated rings. The van der Waals surface area contributed by atoms with Gasteiger partial charge in [-0.25, -0.2) is 4.79 Å². The third-order valence-electron chi connectivity index (χ3n) is 10.6. The lowest BCUT2D eigenvalue weighted by molar-refractivity contribution is -0.146. The Bertz CT molecular complexity index is 647. The molecule has 3 nitrogen and oxygen atoms in total. The number of nitrogens with zero attached hydrogens (tertiary/aromatic N) is 1. The van der Waals surface area contributed by atoms with Gasteiger partial charge in [0.25, 0.3) is 0 Å². The second-order valence-corrected chi connectivity index (χ2v) is 12.6. The van der Waals surface area contributed by atoms with Crippen LogP contribution in [-0.4, -0.2) is 35.1 Å². The molecule has 0 aromatic carbocycles. The van der Waals surface area contributed by atoms with Crippen LogP contribution in [0.15, 0.2) is 12.2 Å². The van der Waals surface area contributed by atoms with Gasteiger partial charge < -0.3 is 4.74 Å². The van der Waals surface area contributed by atoms with Crippen LogP contribution in [0.4, 0.5) is 0 Å². The van der Waals surface area contributed by atoms with Gasteiger partial charge in [-0.05, 0) is 94.8 Å². The summed E-state index contributed by atoms with van der Waals surface area (Å²) in [6.07, 6.45) is 25.3. The summed E-state index contributed by atoms with van der Waals surface area (Å²) < 4.78 is 5.76. The first kappa shape index (κ1) is 23.9. The highest BCUT2D eigenvalue weighted by atomic mass is 16.5. The molecule has 5 saturated carbocycles. The lowest BCUT2D eigenvalue weighted by Crippen LogP contribution is -2.55. The van der Waals surface area contributed by atoms with Crippen molar-refractivity contribution in [1.29, 1.82) is 0 Å². The largest absolute Gasteiger partial charge is 0.459 e. The van der Waals surface area contributed by atoms with Crippen LogP contribution in [0, 0.1) is 23.7 Å². The second kappa shape index (κ2) is 10.8. The van der Waals surface area contributed by atoms with Gasteiger partial charge in [0, 0.05) is 23.7 Å². The highest BCUT2D eigenvalue weighted by Crippen LogP contribution is 2.47. The van der Waals surface area contributed by atoms with E-state index in [2.05, 4.69) is 11.5 Å². The maximum atomic E-state index is 12.1. The van der Waals surface area contributed by atoms with E-state index in [4.69, 9.17) is 4.74 Å². The van der Waals surface area contributed by atoms with Crippen molar-refractivity contribution in [3.63, 3.8) is 0 Å². The molecule has 0 amide bonds. The Hall–Kier alpha value is -0.830. The number of hydrogen-bond acceptors (Lipinski definition) is 3. The molecule has 0 spiro atoms. The molecule has 6 unspecified atom stereocenters. The summed E-state index contributed by atoms with van der Waals surface area (Å²) in [6.45, 7) is 5.53. The number of hydrogen-bond donors (Lipinski definition) is 0. The Balaban J connectivity index is 1.27. The van der Waals surface area contributed by atoms with E-state index in [1.165, 1.54) is 103 Å². The number of carbonyl (C=O) groups is 1. The van der Waals surface area contributed by atoms with Crippen LogP contribution in [0.1, 0.15) is 122 Å². The molecule has 0 bridgehead atoms. The van der Waals surface area contributed by atoms with Crippen LogP contribution in [0.2, 0.25) is 0 Å². The normalized spacial score (nSPS) is 41.6. The molecule has 6 atom stereocenters. The molecule has 5 rings (SSSR count). The zero-order valence-electron chi connectivity index (χ0n) is 21.3. The van der Waals surface area contributed by atoms with E-state index in [0.717, 1.165) is 48.6 Å². The topological polar surface area (TPSA) is 29.5 Å². The third-order valence-corrected chi connectivity index (χ3v) is 10.6. The average Bonchev–Trinajstić information content (AvgIpc) is 2.85. The average molecular weight is 456 g/mol. The summed E-state index contributed by atoms with van der Waals surface area (Å²) in [6, 6.07) is 2.34. The standard InChI is InChI=1S/C30H49NO2/c1-21(2)30(32)33-29-17-15-26(16-18-29)31(27-13-11-22-7-3-5-9-24(22)19-27)28-14-12-23-8-4-6-10-25(23)20-28/h22-29H,1,3-20H2,2H3. The molecular weight excluding hydrogens is 406 g/mol. The van der Waals surface area contributed by atoms with Crippen molar-refractivity contribution in [3.05, 3.63) is 12.2 Å². The fourth-order valence-electron chi connectivity index (χ4n) is 8.85. The van der Waals surface area contributed by atoms with Gasteiger partial charge in [0.15, 0.2) is 0 Å². The summed E-state index contributed by atoms with van der Waals surface area (Å²) in [5.41, 5.74) is 0.534. The van der Waals surface area contributed by atoms with Crippen LogP contribution < -0.4 is 0 Å². The van der Waals surface area contributed by atoms with Crippen LogP contribution in [-0.2, 0) is 9.53 Å². The number of carbonyl (C=O) groups excluding carboxylic acids is 1. The first-order valence-electron chi connectivity index (χ1n) is 14.7. The Morgan fingerprint density at radius 1 is 0.636 bits per heavy atom. The molecule has 186 valence electrons. The molecule has 33 heavy (non-hydrogen) atoms. The van der Waals surface area contributed by atoms with Gasteiger partial charge in [-0.2, -0.15) is 0 Å². The number of esters is 1. The predicted octanol–water partition coefficient (Wildman–Crippen LogP) is 7.44. The smallest absolute Gasteiger partial charge is 0.333 e. The molecule has 0 heterocycles. The Morgan fingerprint density at radius 2 is 1.09 bits per heavy atom. The number of rotatable bonds is 5. The van der Waals surface area contributed by atoms with Gasteiger partial charge in [0.1, 0.15) is 6.10 Å². The summed E-state index contributed by atoms with van der Waals surface area (Å²) in [7, 11) is 0. The first-order chi connectivity index (χ1) is 16.1. The van der Waals surface area contributed by atoms with E-state index in [1.807, 2.05) is 0 Å². The van der Waals surface area contributed by atoms with Gasteiger partial charge in [0.05, 0.1) is 0 Å². The van der Waals surface area contributed by atoms with Gasteiger partial charge in [-0.1, -0.05) is 57.9 Å². The Labute approximate surface area is 203 Å². The second-order valence-electron chi connectivity index (χ2n) is 12.6. The SMILES string of the molecule is C=C(C)C(=O)OC1CCC(N(C2CCC3CCCCC3C2)C2CCC3CCCCC3C2)CC1. The first-order valence-corrected chi connectivity index (χ1v) is 14.7. The molecule has 0 saturated heterocycles. The van der Waals surface area contributed by atoms with E-state index >= 15 is 0 Å². The van der Waals surface area contributed by atoms with Crippen LogP contribution in [0.25, 0.3) is 0 Å². The van der Waals surface area contributed by atoms with Crippen molar-refractivity contribution in [2.45, 2.75) is 147 Å². The minimum atomic E-state index is -0.193. The molecule has 3 heteroatoms. The fourth-order valence-corrected chi connectivity index (χ4v) is 8.85. The van der Waals surface area contributed by atoms with Crippen molar-refractivity contribution < 1.29 is 9.53 Å². The van der Waals surface area contributed by atoms with E-state index in [-0.39, 0.29) is 12.1 Å². The Kier molecular flexibility index (Phi) is 7.84. The maximum Gasteiger partial charge on any atom is 0.333 e. The minimum absolute atomic E-state index is 0.107. The van der Waals surface area contributed by atoms with Crippen LogP contribution >= 0.6 is 0 Å². The van der Waals surface area contributed by atoms with Gasteiger partial charge in [-0.15, -0.1) is 0 Å². The van der Waals surface area contributed by atoms with Crippen molar-refractivity contribution in [2.75, 3.05) is 0 Å². The zero-order chi connectivity index (χ0) is 22.8. The number of ether oxygens (including phenoxy) is 1. The van der Waals surface area contributed by atoms with E-state index in [9.17, 15) is 4.79 Å². The molecule has 0 aromatic rings. The third kappa shape index (κ3) is 5.54. The summed E-state index contributed by atoms with van der Waals surface area (Å²) in [5.74, 6) is 3.87. The van der Waals surface area contributed by atoms with E-state index in [0.29, 0.717) is 11.6 Å². The van der Waals surface area contributed by atoms with Gasteiger partial charge in [0.2, 0.25) is 0 Å². The molecular formula is C30H49NO2. The van der Waals surface area contributed by atoms with Gasteiger partial charge in [-0.3, -0.25) is 4.90 Å². The van der Waals surface area contributed by atoms with Crippen molar-refractivity contribution in [1.82, 2.24) is 4.90 Å². The highest BCUT2D eigenvalue weighted by molar-refractivity contribution is 5.87. The monoisotopic (exact) mass is 455 g/mol. The summed E-state index contributed by atoms with van der Waals surface area (Å²) >= 11 is 0. The fraction of sp³-hybridized carbons (Fsp3) is 0.900. The summed E-state index contributed by atoms with van der Waals surface area (Å²) in [4.78, 5) is 15.2. The minimum Gasteiger partial charge on any atom is -0.459 e. The van der Waals surface area contributed by atoms with E-state index in [1.54, 1.807) is 6.92 Å². The zero-order valence-corrected chi connectivity index (χ0v) is 21.3. The maximum absolute atomic E-state index is 12.1. The lowest BCUT2D eigenvalue weighted by atomic mass is 9.66. The van der Waals surface area contributed by atoms with Crippen molar-refractivity contribution in [3.8, 4) is 0 Å². The molecule has 0 aromatic heterocycles. The highest BCUT2D eigenvalue weighted by Gasteiger charge is 2.43. The molecule has 5 aliphatic rings. The van der Waals surface area contributed by atoms with Crippen molar-refractivity contribution in [2.24, 2.45) is 23.7 Å². The number of fused-ring (bicyclic) bond motifs is 2. The van der Waals surface area contributed by atoms with Gasteiger partial charge >= 0.3 is 5.97 Å². The van der Waals surface area contributed by atoms with E-state index < -0.39 is 0 Å². The van der Waals surface area contributed by atoms with Crippen LogP contribution in [0.3, 0.4) is 0 Å². The molecule has 5 aliphatic carbocycles. The molecule has 0 N–H and O–H groups in total. The predicted molar refractivity (Wildman–Crippen MR) is 135 cm³/mol. The lowest BCUT2D eigenvalue weighted by Gasteiger charge is -2.53. The Morgan fingerprint density at radius 3 is 1.58 bits per heavy atom. The molecule has 0 aliphatic heterocycles. The van der Waals surface area contributed by atoms with Crippen LogP contribution in [0.5, 0.6) is 0 Å². The van der Waals surface area contributed by atoms with Crippen molar-refractivity contribution >= 4 is 5.97 Å². The summed E-state index contributed by atoms with van der Waals surface area (Å²) in [5, 5.41) is 0. The quantitative estimate of drug-likeness (QED) is 0.319. The molecule has 0 radical (unpaired) electrons.